The van der Waals surface area contributed by atoms with Gasteiger partial charge in [0.2, 0.25) is 5.91 Å². The summed E-state index contributed by atoms with van der Waals surface area (Å²) in [6.45, 7) is 2.24. The van der Waals surface area contributed by atoms with Crippen molar-refractivity contribution >= 4 is 11.9 Å². The summed E-state index contributed by atoms with van der Waals surface area (Å²) >= 11 is 0. The Balaban J connectivity index is 2.48. The molecule has 0 bridgehead atoms. The molecule has 0 heterocycles. The van der Waals surface area contributed by atoms with Crippen molar-refractivity contribution in [3.63, 3.8) is 0 Å². The van der Waals surface area contributed by atoms with E-state index in [9.17, 15) is 9.59 Å². The molecule has 104 valence electrons. The van der Waals surface area contributed by atoms with Crippen LogP contribution in [0.2, 0.25) is 0 Å². The number of aliphatic carboxylic acids is 1. The third-order valence-corrected chi connectivity index (χ3v) is 3.05. The summed E-state index contributed by atoms with van der Waals surface area (Å²) in [5.74, 6) is -1.20. The first-order chi connectivity index (χ1) is 9.04. The lowest BCUT2D eigenvalue weighted by Crippen LogP contribution is -2.37. The van der Waals surface area contributed by atoms with Crippen LogP contribution in [0.15, 0.2) is 30.3 Å². The molecule has 0 aliphatic carbocycles. The number of carbonyl (C=O) groups is 2. The van der Waals surface area contributed by atoms with Crippen molar-refractivity contribution in [2.45, 2.75) is 25.8 Å². The summed E-state index contributed by atoms with van der Waals surface area (Å²) in [5, 5.41) is 11.4. The molecule has 0 aliphatic heterocycles. The van der Waals surface area contributed by atoms with Gasteiger partial charge in [0.1, 0.15) is 6.04 Å². The number of carboxylic acids is 1. The molecule has 0 spiro atoms. The second-order valence-corrected chi connectivity index (χ2v) is 4.51. The molecule has 4 N–H and O–H groups in total. The van der Waals surface area contributed by atoms with Gasteiger partial charge in [-0.25, -0.2) is 0 Å². The Kier molecular flexibility index (Phi) is 6.02. The minimum Gasteiger partial charge on any atom is -0.481 e. The van der Waals surface area contributed by atoms with Gasteiger partial charge in [-0.15, -0.1) is 0 Å². The van der Waals surface area contributed by atoms with E-state index in [0.29, 0.717) is 13.0 Å². The fourth-order valence-corrected chi connectivity index (χ4v) is 1.77. The molecule has 1 amide bonds. The van der Waals surface area contributed by atoms with Crippen LogP contribution in [-0.4, -0.2) is 23.5 Å². The fourth-order valence-electron chi connectivity index (χ4n) is 1.77. The van der Waals surface area contributed by atoms with E-state index in [1.54, 1.807) is 12.1 Å². The normalized spacial score (nSPS) is 13.6. The molecule has 0 aromatic heterocycles. The summed E-state index contributed by atoms with van der Waals surface area (Å²) in [4.78, 5) is 22.5. The second kappa shape index (κ2) is 7.53. The number of carboxylic acid groups (broad SMARTS) is 1. The molecule has 0 radical (unpaired) electrons. The van der Waals surface area contributed by atoms with Crippen molar-refractivity contribution in [3.8, 4) is 0 Å². The minimum absolute atomic E-state index is 0.0529. The Morgan fingerprint density at radius 3 is 2.47 bits per heavy atom. The van der Waals surface area contributed by atoms with Crippen LogP contribution in [0.4, 0.5) is 0 Å². The van der Waals surface area contributed by atoms with Crippen molar-refractivity contribution in [3.05, 3.63) is 35.9 Å². The maximum Gasteiger partial charge on any atom is 0.303 e. The molecule has 0 saturated carbocycles. The zero-order chi connectivity index (χ0) is 14.3. The van der Waals surface area contributed by atoms with Crippen molar-refractivity contribution < 1.29 is 14.7 Å². The van der Waals surface area contributed by atoms with E-state index >= 15 is 0 Å². The summed E-state index contributed by atoms with van der Waals surface area (Å²) in [5.41, 5.74) is 6.58. The minimum atomic E-state index is -0.853. The molecule has 5 heteroatoms. The SMILES string of the molecule is CCC(CNC(=O)C(N)c1ccccc1)CC(=O)O. The predicted molar refractivity (Wildman–Crippen MR) is 72.4 cm³/mol. The van der Waals surface area contributed by atoms with E-state index in [0.717, 1.165) is 5.56 Å². The molecule has 1 aromatic rings. The van der Waals surface area contributed by atoms with Gasteiger partial charge in [-0.2, -0.15) is 0 Å². The van der Waals surface area contributed by atoms with Gasteiger partial charge >= 0.3 is 5.97 Å². The lowest BCUT2D eigenvalue weighted by atomic mass is 10.0. The molecule has 0 fully saturated rings. The largest absolute Gasteiger partial charge is 0.481 e. The summed E-state index contributed by atoms with van der Waals surface area (Å²) in [6, 6.07) is 8.36. The Hall–Kier alpha value is -1.88. The highest BCUT2D eigenvalue weighted by Crippen LogP contribution is 2.11. The molecule has 0 aliphatic rings. The van der Waals surface area contributed by atoms with Crippen molar-refractivity contribution in [2.24, 2.45) is 11.7 Å². The lowest BCUT2D eigenvalue weighted by molar-refractivity contribution is -0.138. The number of benzene rings is 1. The van der Waals surface area contributed by atoms with E-state index in [4.69, 9.17) is 10.8 Å². The smallest absolute Gasteiger partial charge is 0.303 e. The molecule has 1 rings (SSSR count). The van der Waals surface area contributed by atoms with E-state index in [-0.39, 0.29) is 18.2 Å². The molecule has 2 atom stereocenters. The lowest BCUT2D eigenvalue weighted by Gasteiger charge is -2.16. The van der Waals surface area contributed by atoms with Gasteiger partial charge in [-0.05, 0) is 11.5 Å². The van der Waals surface area contributed by atoms with Crippen LogP contribution in [-0.2, 0) is 9.59 Å². The molecule has 2 unspecified atom stereocenters. The molecule has 0 saturated heterocycles. The van der Waals surface area contributed by atoms with Crippen LogP contribution in [0.3, 0.4) is 0 Å². The summed E-state index contributed by atoms with van der Waals surface area (Å²) < 4.78 is 0. The monoisotopic (exact) mass is 264 g/mol. The van der Waals surface area contributed by atoms with Crippen LogP contribution in [0, 0.1) is 5.92 Å². The fraction of sp³-hybridized carbons (Fsp3) is 0.429. The van der Waals surface area contributed by atoms with E-state index < -0.39 is 12.0 Å². The summed E-state index contributed by atoms with van der Waals surface area (Å²) in [6.07, 6.45) is 0.754. The first-order valence-corrected chi connectivity index (χ1v) is 6.34. The molecular weight excluding hydrogens is 244 g/mol. The first kappa shape index (κ1) is 15.2. The maximum absolute atomic E-state index is 11.9. The topological polar surface area (TPSA) is 92.4 Å². The number of carbonyl (C=O) groups excluding carboxylic acids is 1. The first-order valence-electron chi connectivity index (χ1n) is 6.34. The average Bonchev–Trinajstić information content (AvgIpc) is 2.42. The molecule has 5 nitrogen and oxygen atoms in total. The Bertz CT molecular complexity index is 420. The van der Waals surface area contributed by atoms with Gasteiger partial charge in [0.25, 0.3) is 0 Å². The van der Waals surface area contributed by atoms with Gasteiger partial charge in [0.05, 0.1) is 0 Å². The van der Waals surface area contributed by atoms with Crippen LogP contribution in [0.25, 0.3) is 0 Å². The molecule has 19 heavy (non-hydrogen) atoms. The van der Waals surface area contributed by atoms with E-state index in [1.165, 1.54) is 0 Å². The number of nitrogens with two attached hydrogens (primary N) is 1. The van der Waals surface area contributed by atoms with Gasteiger partial charge in [-0.3, -0.25) is 9.59 Å². The van der Waals surface area contributed by atoms with Crippen LogP contribution < -0.4 is 11.1 Å². The van der Waals surface area contributed by atoms with E-state index in [2.05, 4.69) is 5.32 Å². The predicted octanol–water partition coefficient (Wildman–Crippen LogP) is 1.30. The highest BCUT2D eigenvalue weighted by molar-refractivity contribution is 5.82. The zero-order valence-corrected chi connectivity index (χ0v) is 11.0. The number of rotatable bonds is 7. The third-order valence-electron chi connectivity index (χ3n) is 3.05. The Morgan fingerprint density at radius 1 is 1.32 bits per heavy atom. The third kappa shape index (κ3) is 5.09. The van der Waals surface area contributed by atoms with Gasteiger partial charge in [0.15, 0.2) is 0 Å². The molecule has 1 aromatic carbocycles. The van der Waals surface area contributed by atoms with E-state index in [1.807, 2.05) is 25.1 Å². The van der Waals surface area contributed by atoms with Crippen LogP contribution in [0.5, 0.6) is 0 Å². The van der Waals surface area contributed by atoms with Gasteiger partial charge < -0.3 is 16.2 Å². The average molecular weight is 264 g/mol. The second-order valence-electron chi connectivity index (χ2n) is 4.51. The highest BCUT2D eigenvalue weighted by atomic mass is 16.4. The summed E-state index contributed by atoms with van der Waals surface area (Å²) in [7, 11) is 0. The Labute approximate surface area is 112 Å². The number of amides is 1. The van der Waals surface area contributed by atoms with Crippen molar-refractivity contribution in [1.82, 2.24) is 5.32 Å². The maximum atomic E-state index is 11.9. The van der Waals surface area contributed by atoms with Gasteiger partial charge in [-0.1, -0.05) is 43.7 Å². The number of hydrogen-bond acceptors (Lipinski definition) is 3. The van der Waals surface area contributed by atoms with Crippen LogP contribution in [0.1, 0.15) is 31.4 Å². The van der Waals surface area contributed by atoms with Crippen molar-refractivity contribution in [1.29, 1.82) is 0 Å². The molecular formula is C14H20N2O3. The highest BCUT2D eigenvalue weighted by Gasteiger charge is 2.17. The standard InChI is InChI=1S/C14H20N2O3/c1-2-10(8-12(17)18)9-16-14(19)13(15)11-6-4-3-5-7-11/h3-7,10,13H,2,8-9,15H2,1H3,(H,16,19)(H,17,18). The van der Waals surface area contributed by atoms with Crippen molar-refractivity contribution in [2.75, 3.05) is 6.54 Å². The quantitative estimate of drug-likeness (QED) is 0.692. The Morgan fingerprint density at radius 2 is 1.95 bits per heavy atom. The number of hydrogen-bond donors (Lipinski definition) is 3. The van der Waals surface area contributed by atoms with Crippen LogP contribution >= 0.6 is 0 Å². The zero-order valence-electron chi connectivity index (χ0n) is 11.0. The van der Waals surface area contributed by atoms with Gasteiger partial charge in [0, 0.05) is 13.0 Å². The number of nitrogens with one attached hydrogen (secondary N) is 1.